The van der Waals surface area contributed by atoms with E-state index in [1.165, 1.54) is 0 Å². The summed E-state index contributed by atoms with van der Waals surface area (Å²) in [5.41, 5.74) is 0.283. The van der Waals surface area contributed by atoms with E-state index in [0.29, 0.717) is 6.54 Å². The minimum atomic E-state index is -0.701. The van der Waals surface area contributed by atoms with Crippen molar-refractivity contribution in [3.05, 3.63) is 24.3 Å². The van der Waals surface area contributed by atoms with Crippen molar-refractivity contribution in [2.45, 2.75) is 39.4 Å². The average molecular weight is 223 g/mol. The van der Waals surface area contributed by atoms with Gasteiger partial charge >= 0.3 is 0 Å². The van der Waals surface area contributed by atoms with Crippen LogP contribution in [0.25, 0.3) is 0 Å². The van der Waals surface area contributed by atoms with Crippen LogP contribution in [0.3, 0.4) is 0 Å². The highest BCUT2D eigenvalue weighted by molar-refractivity contribution is 5.46. The van der Waals surface area contributed by atoms with Crippen molar-refractivity contribution in [2.75, 3.05) is 11.9 Å². The van der Waals surface area contributed by atoms with E-state index in [2.05, 4.69) is 5.32 Å². The Morgan fingerprint density at radius 1 is 1.25 bits per heavy atom. The van der Waals surface area contributed by atoms with Crippen LogP contribution in [-0.4, -0.2) is 23.4 Å². The zero-order chi connectivity index (χ0) is 12.2. The van der Waals surface area contributed by atoms with Gasteiger partial charge in [-0.05, 0) is 52.0 Å². The Hall–Kier alpha value is -1.22. The number of hydrogen-bond acceptors (Lipinski definition) is 3. The lowest BCUT2D eigenvalue weighted by Gasteiger charge is -2.18. The molecular weight excluding hydrogens is 202 g/mol. The third kappa shape index (κ3) is 5.03. The molecule has 0 unspecified atom stereocenters. The molecule has 0 heterocycles. The molecule has 0 saturated heterocycles. The molecule has 3 heteroatoms. The van der Waals surface area contributed by atoms with Crippen molar-refractivity contribution in [3.63, 3.8) is 0 Å². The molecule has 16 heavy (non-hydrogen) atoms. The summed E-state index contributed by atoms with van der Waals surface area (Å²) in [5, 5.41) is 12.7. The van der Waals surface area contributed by atoms with E-state index in [1.807, 2.05) is 38.1 Å². The average Bonchev–Trinajstić information content (AvgIpc) is 2.14. The second kappa shape index (κ2) is 5.21. The van der Waals surface area contributed by atoms with Gasteiger partial charge in [-0.15, -0.1) is 0 Å². The van der Waals surface area contributed by atoms with E-state index in [-0.39, 0.29) is 6.10 Å². The molecule has 1 aromatic carbocycles. The van der Waals surface area contributed by atoms with E-state index < -0.39 is 5.60 Å². The minimum absolute atomic E-state index is 0.190. The van der Waals surface area contributed by atoms with E-state index in [4.69, 9.17) is 4.74 Å². The predicted octanol–water partition coefficient (Wildman–Crippen LogP) is 2.66. The summed E-state index contributed by atoms with van der Waals surface area (Å²) in [7, 11) is 0. The smallest absolute Gasteiger partial charge is 0.119 e. The van der Waals surface area contributed by atoms with Crippen molar-refractivity contribution in [1.82, 2.24) is 0 Å². The number of rotatable bonds is 5. The van der Waals surface area contributed by atoms with Crippen LogP contribution in [0, 0.1) is 0 Å². The van der Waals surface area contributed by atoms with Crippen LogP contribution in [0.4, 0.5) is 5.69 Å². The lowest BCUT2D eigenvalue weighted by molar-refractivity contribution is 0.0945. The van der Waals surface area contributed by atoms with E-state index in [1.54, 1.807) is 13.8 Å². The summed E-state index contributed by atoms with van der Waals surface area (Å²) >= 11 is 0. The fourth-order valence-electron chi connectivity index (χ4n) is 1.24. The molecular formula is C13H21NO2. The van der Waals surface area contributed by atoms with Crippen molar-refractivity contribution in [3.8, 4) is 5.75 Å². The van der Waals surface area contributed by atoms with Gasteiger partial charge in [-0.2, -0.15) is 0 Å². The highest BCUT2D eigenvalue weighted by Gasteiger charge is 2.11. The highest BCUT2D eigenvalue weighted by atomic mass is 16.5. The van der Waals surface area contributed by atoms with Crippen LogP contribution in [0.5, 0.6) is 5.75 Å². The van der Waals surface area contributed by atoms with Crippen LogP contribution < -0.4 is 10.1 Å². The van der Waals surface area contributed by atoms with Crippen LogP contribution in [-0.2, 0) is 0 Å². The summed E-state index contributed by atoms with van der Waals surface area (Å²) in [4.78, 5) is 0. The molecule has 0 aliphatic heterocycles. The standard InChI is InChI=1S/C13H21NO2/c1-10(2)16-12-7-5-11(6-8-12)14-9-13(3,4)15/h5-8,10,14-15H,9H2,1-4H3. The summed E-state index contributed by atoms with van der Waals surface area (Å²) in [5.74, 6) is 0.865. The summed E-state index contributed by atoms with van der Waals surface area (Å²) in [6.07, 6.45) is 0.190. The predicted molar refractivity (Wildman–Crippen MR) is 67.0 cm³/mol. The summed E-state index contributed by atoms with van der Waals surface area (Å²) < 4.78 is 5.54. The molecule has 1 rings (SSSR count). The van der Waals surface area contributed by atoms with Gasteiger partial charge in [0.1, 0.15) is 5.75 Å². The first-order chi connectivity index (χ1) is 7.37. The quantitative estimate of drug-likeness (QED) is 0.806. The van der Waals surface area contributed by atoms with Crippen molar-refractivity contribution in [2.24, 2.45) is 0 Å². The van der Waals surface area contributed by atoms with Crippen molar-refractivity contribution >= 4 is 5.69 Å². The van der Waals surface area contributed by atoms with Crippen LogP contribution >= 0.6 is 0 Å². The molecule has 90 valence electrons. The number of aliphatic hydroxyl groups is 1. The number of ether oxygens (including phenoxy) is 1. The molecule has 0 fully saturated rings. The first-order valence-corrected chi connectivity index (χ1v) is 5.60. The van der Waals surface area contributed by atoms with Gasteiger partial charge in [-0.3, -0.25) is 0 Å². The molecule has 0 bridgehead atoms. The lowest BCUT2D eigenvalue weighted by atomic mass is 10.1. The highest BCUT2D eigenvalue weighted by Crippen LogP contribution is 2.17. The number of anilines is 1. The monoisotopic (exact) mass is 223 g/mol. The number of benzene rings is 1. The van der Waals surface area contributed by atoms with Crippen LogP contribution in [0.2, 0.25) is 0 Å². The molecule has 0 atom stereocenters. The summed E-state index contributed by atoms with van der Waals surface area (Å²) in [6.45, 7) is 8.07. The fraction of sp³-hybridized carbons (Fsp3) is 0.538. The van der Waals surface area contributed by atoms with Crippen molar-refractivity contribution in [1.29, 1.82) is 0 Å². The molecule has 0 radical (unpaired) electrons. The van der Waals surface area contributed by atoms with E-state index in [0.717, 1.165) is 11.4 Å². The molecule has 2 N–H and O–H groups in total. The number of hydrogen-bond donors (Lipinski definition) is 2. The van der Waals surface area contributed by atoms with Gasteiger partial charge in [0.25, 0.3) is 0 Å². The molecule has 0 amide bonds. The second-order valence-corrected chi connectivity index (χ2v) is 4.86. The Morgan fingerprint density at radius 2 is 1.81 bits per heavy atom. The fourth-order valence-corrected chi connectivity index (χ4v) is 1.24. The van der Waals surface area contributed by atoms with Gasteiger partial charge in [0.05, 0.1) is 11.7 Å². The van der Waals surface area contributed by atoms with Gasteiger partial charge in [-0.25, -0.2) is 0 Å². The Labute approximate surface area is 97.4 Å². The Balaban J connectivity index is 2.51. The Kier molecular flexibility index (Phi) is 4.19. The minimum Gasteiger partial charge on any atom is -0.491 e. The molecule has 0 saturated carbocycles. The number of nitrogens with one attached hydrogen (secondary N) is 1. The lowest BCUT2D eigenvalue weighted by Crippen LogP contribution is -2.29. The van der Waals surface area contributed by atoms with Crippen molar-refractivity contribution < 1.29 is 9.84 Å². The van der Waals surface area contributed by atoms with E-state index in [9.17, 15) is 5.11 Å². The maximum Gasteiger partial charge on any atom is 0.119 e. The normalized spacial score (nSPS) is 11.6. The zero-order valence-electron chi connectivity index (χ0n) is 10.4. The first kappa shape index (κ1) is 12.8. The van der Waals surface area contributed by atoms with Gasteiger partial charge < -0.3 is 15.2 Å². The molecule has 0 aliphatic rings. The Bertz CT molecular complexity index is 312. The molecule has 0 aliphatic carbocycles. The topological polar surface area (TPSA) is 41.5 Å². The van der Waals surface area contributed by atoms with Crippen LogP contribution in [0.1, 0.15) is 27.7 Å². The van der Waals surface area contributed by atoms with Crippen LogP contribution in [0.15, 0.2) is 24.3 Å². The van der Waals surface area contributed by atoms with Gasteiger partial charge in [0.15, 0.2) is 0 Å². The molecule has 0 spiro atoms. The third-order valence-corrected chi connectivity index (χ3v) is 1.95. The maximum absolute atomic E-state index is 9.57. The first-order valence-electron chi connectivity index (χ1n) is 5.60. The van der Waals surface area contributed by atoms with Gasteiger partial charge in [0, 0.05) is 12.2 Å². The Morgan fingerprint density at radius 3 is 2.25 bits per heavy atom. The zero-order valence-corrected chi connectivity index (χ0v) is 10.4. The maximum atomic E-state index is 9.57. The molecule has 0 aromatic heterocycles. The van der Waals surface area contributed by atoms with E-state index >= 15 is 0 Å². The molecule has 1 aromatic rings. The van der Waals surface area contributed by atoms with Gasteiger partial charge in [-0.1, -0.05) is 0 Å². The largest absolute Gasteiger partial charge is 0.491 e. The summed E-state index contributed by atoms with van der Waals surface area (Å²) in [6, 6.07) is 7.74. The molecule has 3 nitrogen and oxygen atoms in total. The van der Waals surface area contributed by atoms with Gasteiger partial charge in [0.2, 0.25) is 0 Å². The second-order valence-electron chi connectivity index (χ2n) is 4.86. The SMILES string of the molecule is CC(C)Oc1ccc(NCC(C)(C)O)cc1. The third-order valence-electron chi connectivity index (χ3n) is 1.95.